The van der Waals surface area contributed by atoms with E-state index in [4.69, 9.17) is 0 Å². The SMILES string of the molecule is [Ga+3].[La+3].[La+3].[La+3].[O-2].[O-2].[O-2].[O-2].[O-2].[O-2]. The van der Waals surface area contributed by atoms with E-state index in [1.165, 1.54) is 0 Å². The number of hydrogen-bond acceptors (Lipinski definition) is 0. The molecule has 0 saturated carbocycles. The Labute approximate surface area is 156 Å². The van der Waals surface area contributed by atoms with E-state index in [0.29, 0.717) is 0 Å². The average Bonchev–Trinajstić information content (AvgIpc) is 0. The molecule has 0 aliphatic heterocycles. The molecule has 0 aromatic carbocycles. The molecule has 0 bridgehead atoms. The van der Waals surface area contributed by atoms with Crippen molar-refractivity contribution in [1.29, 1.82) is 0 Å². The van der Waals surface area contributed by atoms with Gasteiger partial charge in [-0.05, 0) is 0 Å². The van der Waals surface area contributed by atoms with E-state index in [1.54, 1.807) is 0 Å². The van der Waals surface area contributed by atoms with Crippen LogP contribution in [0.5, 0.6) is 0 Å². The molecule has 0 rings (SSSR count). The Hall–Kier alpha value is 3.98. The summed E-state index contributed by atoms with van der Waals surface area (Å²) in [6.07, 6.45) is 0. The van der Waals surface area contributed by atoms with Crippen LogP contribution in [0, 0.1) is 107 Å². The third kappa shape index (κ3) is 91.2. The molecular weight excluding hydrogens is 582 g/mol. The van der Waals surface area contributed by atoms with E-state index in [9.17, 15) is 0 Å². The van der Waals surface area contributed by atoms with Crippen LogP contribution in [0.2, 0.25) is 0 Å². The van der Waals surface area contributed by atoms with Gasteiger partial charge in [0.2, 0.25) is 0 Å². The summed E-state index contributed by atoms with van der Waals surface area (Å²) in [6, 6.07) is 0. The first-order valence-electron chi connectivity index (χ1n) is 0. The third-order valence-electron chi connectivity index (χ3n) is 0. The fraction of sp³-hybridized carbons (Fsp3) is 0. The van der Waals surface area contributed by atoms with Crippen molar-refractivity contribution in [2.24, 2.45) is 0 Å². The molecule has 0 amide bonds. The molecule has 10 heavy (non-hydrogen) atoms. The first kappa shape index (κ1) is 149. The minimum Gasteiger partial charge on any atom is -2.00 e. The molecule has 0 aromatic rings. The van der Waals surface area contributed by atoms with E-state index in [0.717, 1.165) is 0 Å². The Bertz CT molecular complexity index is 13.0. The van der Waals surface area contributed by atoms with Crippen molar-refractivity contribution >= 4 is 19.8 Å². The summed E-state index contributed by atoms with van der Waals surface area (Å²) in [6.45, 7) is 0. The first-order chi connectivity index (χ1) is 0. The fourth-order valence-electron chi connectivity index (χ4n) is 0. The summed E-state index contributed by atoms with van der Waals surface area (Å²) in [4.78, 5) is 0. The molecule has 6 nitrogen and oxygen atoms in total. The predicted octanol–water partition coefficient (Wildman–Crippen LogP) is -1.09. The normalized spacial score (nSPS) is 0. The molecule has 0 aromatic heterocycles. The fourth-order valence-corrected chi connectivity index (χ4v) is 0. The molecule has 0 unspecified atom stereocenters. The van der Waals surface area contributed by atoms with Gasteiger partial charge in [-0.1, -0.05) is 0 Å². The molecule has 0 saturated heterocycles. The van der Waals surface area contributed by atoms with Gasteiger partial charge in [-0.25, -0.2) is 0 Å². The van der Waals surface area contributed by atoms with E-state index in [1.807, 2.05) is 0 Å². The van der Waals surface area contributed by atoms with Crippen molar-refractivity contribution in [3.63, 3.8) is 0 Å². The summed E-state index contributed by atoms with van der Waals surface area (Å²) >= 11 is 0. The molecule has 0 heterocycles. The maximum absolute atomic E-state index is 0. The quantitative estimate of drug-likeness (QED) is 0.317. The summed E-state index contributed by atoms with van der Waals surface area (Å²) in [5.41, 5.74) is 0. The van der Waals surface area contributed by atoms with Gasteiger partial charge in [0.1, 0.15) is 0 Å². The van der Waals surface area contributed by atoms with Gasteiger partial charge in [0.25, 0.3) is 0 Å². The second-order valence-electron chi connectivity index (χ2n) is 0. The van der Waals surface area contributed by atoms with Gasteiger partial charge in [-0.2, -0.15) is 0 Å². The van der Waals surface area contributed by atoms with Gasteiger partial charge < -0.3 is 32.9 Å². The topological polar surface area (TPSA) is 171 Å². The Kier molecular flexibility index (Phi) is 1750. The van der Waals surface area contributed by atoms with Crippen LogP contribution in [0.4, 0.5) is 0 Å². The summed E-state index contributed by atoms with van der Waals surface area (Å²) < 4.78 is 0. The van der Waals surface area contributed by atoms with Crippen molar-refractivity contribution in [2.45, 2.75) is 0 Å². The minimum absolute atomic E-state index is 0. The molecule has 0 atom stereocenters. The number of rotatable bonds is 0. The van der Waals surface area contributed by atoms with Crippen LogP contribution in [-0.4, -0.2) is 19.8 Å². The maximum atomic E-state index is 0. The van der Waals surface area contributed by atoms with Gasteiger partial charge in [0, 0.05) is 0 Å². The second-order valence-corrected chi connectivity index (χ2v) is 0. The monoisotopic (exact) mass is 582 g/mol. The van der Waals surface area contributed by atoms with E-state index in [2.05, 4.69) is 0 Å². The van der Waals surface area contributed by atoms with Crippen LogP contribution in [0.25, 0.3) is 0 Å². The Morgan fingerprint density at radius 2 is 0.300 bits per heavy atom. The predicted molar refractivity (Wildman–Crippen MR) is 9.87 cm³/mol. The summed E-state index contributed by atoms with van der Waals surface area (Å²) in [7, 11) is 0. The average molecular weight is 582 g/mol. The van der Waals surface area contributed by atoms with Gasteiger partial charge >= 0.3 is 127 Å². The van der Waals surface area contributed by atoms with Crippen molar-refractivity contribution in [3.05, 3.63) is 0 Å². The zero-order chi connectivity index (χ0) is 0. The molecule has 48 valence electrons. The van der Waals surface area contributed by atoms with E-state index >= 15 is 0 Å². The molecule has 10 heteroatoms. The molecular formula is GaLa3O6. The second kappa shape index (κ2) is 118. The van der Waals surface area contributed by atoms with Crippen molar-refractivity contribution < 1.29 is 140 Å². The van der Waals surface area contributed by atoms with Crippen molar-refractivity contribution in [1.82, 2.24) is 0 Å². The Balaban J connectivity index is 0. The van der Waals surface area contributed by atoms with E-state index in [-0.39, 0.29) is 159 Å². The van der Waals surface area contributed by atoms with Crippen LogP contribution < -0.4 is 0 Å². The Morgan fingerprint density at radius 3 is 0.300 bits per heavy atom. The molecule has 0 fully saturated rings. The first-order valence-corrected chi connectivity index (χ1v) is 0. The molecule has 0 aliphatic rings. The van der Waals surface area contributed by atoms with Crippen LogP contribution in [0.15, 0.2) is 0 Å². The molecule has 0 spiro atoms. The zero-order valence-corrected chi connectivity index (χ0v) is 18.1. The van der Waals surface area contributed by atoms with Crippen LogP contribution >= 0.6 is 0 Å². The zero-order valence-electron chi connectivity index (χ0n) is 4.76. The van der Waals surface area contributed by atoms with Crippen LogP contribution in [0.1, 0.15) is 0 Å². The summed E-state index contributed by atoms with van der Waals surface area (Å²) in [5.74, 6) is 0. The molecule has 0 radical (unpaired) electrons. The van der Waals surface area contributed by atoms with E-state index < -0.39 is 0 Å². The maximum Gasteiger partial charge on any atom is 3.00 e. The smallest absolute Gasteiger partial charge is 2.00 e. The van der Waals surface area contributed by atoms with Gasteiger partial charge in [0.05, 0.1) is 0 Å². The van der Waals surface area contributed by atoms with Gasteiger partial charge in [-0.3, -0.25) is 0 Å². The van der Waals surface area contributed by atoms with Crippen molar-refractivity contribution in [2.75, 3.05) is 0 Å². The number of hydrogen-bond donors (Lipinski definition) is 0. The standard InChI is InChI=1S/Ga.3La.6O/q4*+3;6*-2. The molecule has 0 N–H and O–H groups in total. The Morgan fingerprint density at radius 1 is 0.300 bits per heavy atom. The van der Waals surface area contributed by atoms with Crippen LogP contribution in [0.3, 0.4) is 0 Å². The molecule has 0 aliphatic carbocycles. The van der Waals surface area contributed by atoms with Crippen LogP contribution in [-0.2, 0) is 32.9 Å². The minimum atomic E-state index is 0. The van der Waals surface area contributed by atoms with Gasteiger partial charge in [-0.15, -0.1) is 0 Å². The van der Waals surface area contributed by atoms with Crippen molar-refractivity contribution in [3.8, 4) is 0 Å². The third-order valence-corrected chi connectivity index (χ3v) is 0. The summed E-state index contributed by atoms with van der Waals surface area (Å²) in [5, 5.41) is 0. The van der Waals surface area contributed by atoms with Gasteiger partial charge in [0.15, 0.2) is 0 Å². The largest absolute Gasteiger partial charge is 3.00 e.